The zero-order chi connectivity index (χ0) is 20.3. The second-order valence-corrected chi connectivity index (χ2v) is 8.15. The molecule has 1 atom stereocenters. The van der Waals surface area contributed by atoms with Gasteiger partial charge in [-0.3, -0.25) is 9.36 Å². The molecule has 28 heavy (non-hydrogen) atoms. The molecule has 0 aliphatic rings. The van der Waals surface area contributed by atoms with Gasteiger partial charge in [-0.1, -0.05) is 30.3 Å². The van der Waals surface area contributed by atoms with Crippen LogP contribution in [0.15, 0.2) is 73.8 Å². The van der Waals surface area contributed by atoms with E-state index >= 15 is 0 Å². The molecule has 3 rings (SSSR count). The van der Waals surface area contributed by atoms with Crippen molar-refractivity contribution in [3.05, 3.63) is 87.1 Å². The zero-order valence-electron chi connectivity index (χ0n) is 15.5. The third kappa shape index (κ3) is 4.00. The molecule has 0 saturated heterocycles. The maximum atomic E-state index is 12.6. The highest BCUT2D eigenvalue weighted by Crippen LogP contribution is 2.28. The van der Waals surface area contributed by atoms with Gasteiger partial charge in [-0.15, -0.1) is 0 Å². The van der Waals surface area contributed by atoms with Crippen LogP contribution in [0, 0.1) is 0 Å². The number of aryl methyl sites for hydroxylation is 1. The largest absolute Gasteiger partial charge is 0.469 e. The minimum absolute atomic E-state index is 0.0919. The molecule has 0 spiro atoms. The molecule has 0 aliphatic heterocycles. The van der Waals surface area contributed by atoms with Gasteiger partial charge in [0.05, 0.1) is 6.26 Å². The van der Waals surface area contributed by atoms with Gasteiger partial charge in [-0.25, -0.2) is 17.9 Å². The molecule has 0 unspecified atom stereocenters. The van der Waals surface area contributed by atoms with E-state index in [-0.39, 0.29) is 12.5 Å². The van der Waals surface area contributed by atoms with Crippen LogP contribution in [0.25, 0.3) is 0 Å². The van der Waals surface area contributed by atoms with Gasteiger partial charge in [-0.05, 0) is 24.1 Å². The maximum absolute atomic E-state index is 12.6. The number of hydrogen-bond acceptors (Lipinski definition) is 5. The Balaban J connectivity index is 1.81. The van der Waals surface area contributed by atoms with Crippen molar-refractivity contribution in [2.75, 3.05) is 6.54 Å². The Morgan fingerprint density at radius 2 is 1.79 bits per heavy atom. The molecule has 0 amide bonds. The molecule has 0 saturated carbocycles. The second kappa shape index (κ2) is 7.99. The second-order valence-electron chi connectivity index (χ2n) is 6.42. The summed E-state index contributed by atoms with van der Waals surface area (Å²) in [6, 6.07) is 13.2. The number of benzene rings is 1. The number of hydrogen-bond donors (Lipinski definition) is 1. The SMILES string of the molecule is Cn1cc(S(=O)(=O)NCC[C@@H](c2ccccc2)c2ccco2)c(=O)n(C)c1=O. The number of nitrogens with zero attached hydrogens (tertiary/aromatic N) is 2. The predicted molar refractivity (Wildman–Crippen MR) is 104 cm³/mol. The summed E-state index contributed by atoms with van der Waals surface area (Å²) >= 11 is 0. The quantitative estimate of drug-likeness (QED) is 0.638. The van der Waals surface area contributed by atoms with Crippen LogP contribution >= 0.6 is 0 Å². The van der Waals surface area contributed by atoms with E-state index in [0.29, 0.717) is 6.42 Å². The first-order valence-electron chi connectivity index (χ1n) is 8.66. The monoisotopic (exact) mass is 403 g/mol. The van der Waals surface area contributed by atoms with E-state index < -0.39 is 26.2 Å². The van der Waals surface area contributed by atoms with Crippen molar-refractivity contribution in [3.63, 3.8) is 0 Å². The lowest BCUT2D eigenvalue weighted by Gasteiger charge is -2.16. The molecular formula is C19H21N3O5S. The number of aromatic nitrogens is 2. The van der Waals surface area contributed by atoms with Crippen LogP contribution in [0.2, 0.25) is 0 Å². The van der Waals surface area contributed by atoms with E-state index in [1.807, 2.05) is 36.4 Å². The average molecular weight is 403 g/mol. The number of furan rings is 1. The minimum Gasteiger partial charge on any atom is -0.469 e. The van der Waals surface area contributed by atoms with Gasteiger partial charge in [0.15, 0.2) is 4.90 Å². The zero-order valence-corrected chi connectivity index (χ0v) is 16.3. The van der Waals surface area contributed by atoms with Crippen molar-refractivity contribution < 1.29 is 12.8 Å². The number of sulfonamides is 1. The lowest BCUT2D eigenvalue weighted by molar-refractivity contribution is 0.472. The molecule has 0 fully saturated rings. The molecule has 8 nitrogen and oxygen atoms in total. The van der Waals surface area contributed by atoms with Gasteiger partial charge in [-0.2, -0.15) is 0 Å². The maximum Gasteiger partial charge on any atom is 0.330 e. The van der Waals surface area contributed by atoms with Gasteiger partial charge >= 0.3 is 5.69 Å². The molecule has 9 heteroatoms. The summed E-state index contributed by atoms with van der Waals surface area (Å²) in [6.07, 6.45) is 3.04. The summed E-state index contributed by atoms with van der Waals surface area (Å²) < 4.78 is 35.0. The Hall–Kier alpha value is -2.91. The molecule has 0 aliphatic carbocycles. The third-order valence-corrected chi connectivity index (χ3v) is 5.96. The van der Waals surface area contributed by atoms with Gasteiger partial charge in [0.1, 0.15) is 5.76 Å². The predicted octanol–water partition coefficient (Wildman–Crippen LogP) is 1.18. The van der Waals surface area contributed by atoms with Crippen molar-refractivity contribution in [1.29, 1.82) is 0 Å². The molecule has 1 N–H and O–H groups in total. The van der Waals surface area contributed by atoms with Crippen LogP contribution in [0.3, 0.4) is 0 Å². The first-order valence-corrected chi connectivity index (χ1v) is 10.1. The van der Waals surface area contributed by atoms with Crippen molar-refractivity contribution in [2.24, 2.45) is 14.1 Å². The van der Waals surface area contributed by atoms with Crippen LogP contribution in [0.5, 0.6) is 0 Å². The Labute approximate surface area is 162 Å². The van der Waals surface area contributed by atoms with Crippen LogP contribution in [0.4, 0.5) is 0 Å². The van der Waals surface area contributed by atoms with Crippen molar-refractivity contribution in [2.45, 2.75) is 17.2 Å². The van der Waals surface area contributed by atoms with Gasteiger partial charge in [0, 0.05) is 32.8 Å². The lowest BCUT2D eigenvalue weighted by Crippen LogP contribution is -2.41. The Kier molecular flexibility index (Phi) is 5.66. The molecule has 148 valence electrons. The summed E-state index contributed by atoms with van der Waals surface area (Å²) in [5.74, 6) is 0.588. The Bertz CT molecular complexity index is 1160. The molecular weight excluding hydrogens is 382 g/mol. The van der Waals surface area contributed by atoms with Crippen molar-refractivity contribution in [1.82, 2.24) is 13.9 Å². The molecule has 3 aromatic rings. The molecule has 2 heterocycles. The highest BCUT2D eigenvalue weighted by molar-refractivity contribution is 7.89. The molecule has 0 radical (unpaired) electrons. The average Bonchev–Trinajstić information content (AvgIpc) is 3.21. The molecule has 0 bridgehead atoms. The van der Waals surface area contributed by atoms with Crippen LogP contribution in [-0.2, 0) is 24.1 Å². The first kappa shape index (κ1) is 19.8. The summed E-state index contributed by atoms with van der Waals surface area (Å²) in [7, 11) is -1.44. The summed E-state index contributed by atoms with van der Waals surface area (Å²) in [5, 5.41) is 0. The minimum atomic E-state index is -4.07. The van der Waals surface area contributed by atoms with Crippen LogP contribution < -0.4 is 16.0 Å². The fourth-order valence-electron chi connectivity index (χ4n) is 3.02. The smallest absolute Gasteiger partial charge is 0.330 e. The number of rotatable bonds is 7. The summed E-state index contributed by atoms with van der Waals surface area (Å²) in [4.78, 5) is 23.5. The van der Waals surface area contributed by atoms with E-state index in [4.69, 9.17) is 4.42 Å². The topological polar surface area (TPSA) is 103 Å². The highest BCUT2D eigenvalue weighted by atomic mass is 32.2. The fraction of sp³-hybridized carbons (Fsp3) is 0.263. The van der Waals surface area contributed by atoms with E-state index in [1.54, 1.807) is 12.3 Å². The molecule has 2 aromatic heterocycles. The van der Waals surface area contributed by atoms with E-state index in [2.05, 4.69) is 4.72 Å². The first-order chi connectivity index (χ1) is 13.3. The summed E-state index contributed by atoms with van der Waals surface area (Å²) in [5.41, 5.74) is -0.457. The van der Waals surface area contributed by atoms with E-state index in [1.165, 1.54) is 14.1 Å². The van der Waals surface area contributed by atoms with E-state index in [0.717, 1.165) is 26.7 Å². The normalized spacial score (nSPS) is 12.8. The lowest BCUT2D eigenvalue weighted by atomic mass is 9.93. The number of nitrogens with one attached hydrogen (secondary N) is 1. The van der Waals surface area contributed by atoms with Gasteiger partial charge in [0.2, 0.25) is 10.0 Å². The van der Waals surface area contributed by atoms with Crippen LogP contribution in [0.1, 0.15) is 23.7 Å². The third-order valence-electron chi connectivity index (χ3n) is 4.52. The molecule has 1 aromatic carbocycles. The van der Waals surface area contributed by atoms with Crippen molar-refractivity contribution in [3.8, 4) is 0 Å². The summed E-state index contributed by atoms with van der Waals surface area (Å²) in [6.45, 7) is 0.0919. The standard InChI is InChI=1S/C19H21N3O5S/c1-21-13-17(18(23)22(2)19(21)24)28(25,26)20-11-10-15(16-9-6-12-27-16)14-7-4-3-5-8-14/h3-9,12-13,15,20H,10-11H2,1-2H3/t15-/m0/s1. The van der Waals surface area contributed by atoms with Crippen LogP contribution in [-0.4, -0.2) is 24.1 Å². The van der Waals surface area contributed by atoms with E-state index in [9.17, 15) is 18.0 Å². The fourth-order valence-corrected chi connectivity index (χ4v) is 4.23. The van der Waals surface area contributed by atoms with Crippen molar-refractivity contribution >= 4 is 10.0 Å². The van der Waals surface area contributed by atoms with Gasteiger partial charge < -0.3 is 8.98 Å². The van der Waals surface area contributed by atoms with Gasteiger partial charge in [0.25, 0.3) is 5.56 Å². The highest BCUT2D eigenvalue weighted by Gasteiger charge is 2.23. The Morgan fingerprint density at radius 3 is 2.43 bits per heavy atom. The Morgan fingerprint density at radius 1 is 1.07 bits per heavy atom.